The molecule has 0 aromatic heterocycles. The van der Waals surface area contributed by atoms with Crippen molar-refractivity contribution in [3.05, 3.63) is 34.1 Å². The lowest BCUT2D eigenvalue weighted by Gasteiger charge is -2.22. The summed E-state index contributed by atoms with van der Waals surface area (Å²) in [5.41, 5.74) is 1.01. The lowest BCUT2D eigenvalue weighted by atomic mass is 10.2. The minimum absolute atomic E-state index is 0.189. The molecule has 1 saturated carbocycles. The Hall–Kier alpha value is -0.450. The second kappa shape index (κ2) is 6.64. The number of halogens is 2. The summed E-state index contributed by atoms with van der Waals surface area (Å²) in [6.45, 7) is 2.04. The van der Waals surface area contributed by atoms with Gasteiger partial charge in [0.05, 0.1) is 0 Å². The molecule has 0 bridgehead atoms. The monoisotopic (exact) mass is 315 g/mol. The molecule has 0 aliphatic heterocycles. The predicted octanol–water partition coefficient (Wildman–Crippen LogP) is 3.33. The summed E-state index contributed by atoms with van der Waals surface area (Å²) >= 11 is 3.33. The molecule has 1 N–H and O–H groups in total. The van der Waals surface area contributed by atoms with Crippen molar-refractivity contribution in [1.29, 1.82) is 0 Å². The molecule has 2 rings (SSSR count). The van der Waals surface area contributed by atoms with Crippen LogP contribution in [0.2, 0.25) is 0 Å². The molecule has 2 nitrogen and oxygen atoms in total. The number of hydrogen-bond donors (Lipinski definition) is 1. The summed E-state index contributed by atoms with van der Waals surface area (Å²) in [6, 6.07) is 5.72. The number of hydrogen-bond acceptors (Lipinski definition) is 2. The Morgan fingerprint density at radius 2 is 2.06 bits per heavy atom. The molecule has 0 amide bonds. The molecule has 0 atom stereocenters. The smallest absolute Gasteiger partial charge is 0.124 e. The highest BCUT2D eigenvalue weighted by molar-refractivity contribution is 9.10. The van der Waals surface area contributed by atoms with Gasteiger partial charge in [0.1, 0.15) is 5.82 Å². The molecule has 1 aliphatic carbocycles. The minimum atomic E-state index is -0.189. The molecule has 18 heavy (non-hydrogen) atoms. The Morgan fingerprint density at radius 1 is 1.28 bits per heavy atom. The lowest BCUT2D eigenvalue weighted by molar-refractivity contribution is 0.228. The summed E-state index contributed by atoms with van der Waals surface area (Å²) in [7, 11) is 0. The molecule has 0 unspecified atom stereocenters. The Balaban J connectivity index is 1.94. The Morgan fingerprint density at radius 3 is 2.67 bits per heavy atom. The van der Waals surface area contributed by atoms with E-state index in [0.717, 1.165) is 36.0 Å². The quantitative estimate of drug-likeness (QED) is 0.780. The zero-order chi connectivity index (χ0) is 13.0. The fourth-order valence-corrected chi connectivity index (χ4v) is 2.71. The third kappa shape index (κ3) is 4.34. The van der Waals surface area contributed by atoms with Gasteiger partial charge in [0.2, 0.25) is 0 Å². The molecule has 100 valence electrons. The van der Waals surface area contributed by atoms with Gasteiger partial charge in [-0.05, 0) is 56.0 Å². The molecule has 1 fully saturated rings. The summed E-state index contributed by atoms with van der Waals surface area (Å²) < 4.78 is 14.1. The first-order chi connectivity index (χ1) is 8.69. The van der Waals surface area contributed by atoms with Crippen LogP contribution in [0.15, 0.2) is 22.7 Å². The zero-order valence-electron chi connectivity index (χ0n) is 10.4. The maximum absolute atomic E-state index is 13.3. The summed E-state index contributed by atoms with van der Waals surface area (Å²) in [5.74, 6) is -0.189. The van der Waals surface area contributed by atoms with Crippen LogP contribution >= 0.6 is 15.9 Å². The van der Waals surface area contributed by atoms with E-state index in [2.05, 4.69) is 20.8 Å². The van der Waals surface area contributed by atoms with E-state index in [1.165, 1.54) is 18.9 Å². The minimum Gasteiger partial charge on any atom is -0.396 e. The van der Waals surface area contributed by atoms with Gasteiger partial charge in [0, 0.05) is 23.7 Å². The second-order valence-electron chi connectivity index (χ2n) is 4.91. The standard InChI is InChI=1S/C14H19BrFNO/c15-12-7-11(8-13(16)9-12)10-17(14-3-4-14)5-1-2-6-18/h7-9,14,18H,1-6,10H2. The molecule has 1 aliphatic rings. The van der Waals surface area contributed by atoms with Crippen LogP contribution in [0.4, 0.5) is 4.39 Å². The van der Waals surface area contributed by atoms with E-state index in [9.17, 15) is 4.39 Å². The molecule has 4 heteroatoms. The number of aliphatic hydroxyl groups excluding tert-OH is 1. The number of unbranched alkanes of at least 4 members (excludes halogenated alkanes) is 1. The van der Waals surface area contributed by atoms with Crippen LogP contribution in [0.25, 0.3) is 0 Å². The summed E-state index contributed by atoms with van der Waals surface area (Å²) in [5, 5.41) is 8.82. The van der Waals surface area contributed by atoms with Gasteiger partial charge in [0.15, 0.2) is 0 Å². The highest BCUT2D eigenvalue weighted by Crippen LogP contribution is 2.29. The van der Waals surface area contributed by atoms with Gasteiger partial charge in [-0.2, -0.15) is 0 Å². The van der Waals surface area contributed by atoms with E-state index in [4.69, 9.17) is 5.11 Å². The average molecular weight is 316 g/mol. The molecule has 0 heterocycles. The molecule has 1 aromatic rings. The van der Waals surface area contributed by atoms with Crippen LogP contribution in [0.1, 0.15) is 31.2 Å². The van der Waals surface area contributed by atoms with Gasteiger partial charge in [-0.25, -0.2) is 4.39 Å². The predicted molar refractivity (Wildman–Crippen MR) is 73.9 cm³/mol. The first-order valence-corrected chi connectivity index (χ1v) is 7.28. The Kier molecular flexibility index (Phi) is 5.15. The third-order valence-electron chi connectivity index (χ3n) is 3.22. The fraction of sp³-hybridized carbons (Fsp3) is 0.571. The van der Waals surface area contributed by atoms with Crippen molar-refractivity contribution in [2.75, 3.05) is 13.2 Å². The van der Waals surface area contributed by atoms with Gasteiger partial charge in [-0.15, -0.1) is 0 Å². The van der Waals surface area contributed by atoms with Crippen molar-refractivity contribution in [2.24, 2.45) is 0 Å². The van der Waals surface area contributed by atoms with Crippen molar-refractivity contribution in [2.45, 2.75) is 38.3 Å². The van der Waals surface area contributed by atoms with E-state index >= 15 is 0 Å². The van der Waals surface area contributed by atoms with Crippen molar-refractivity contribution in [3.63, 3.8) is 0 Å². The van der Waals surface area contributed by atoms with Crippen molar-refractivity contribution in [3.8, 4) is 0 Å². The van der Waals surface area contributed by atoms with Gasteiger partial charge >= 0.3 is 0 Å². The number of nitrogens with zero attached hydrogens (tertiary/aromatic N) is 1. The third-order valence-corrected chi connectivity index (χ3v) is 3.68. The highest BCUT2D eigenvalue weighted by Gasteiger charge is 2.28. The highest BCUT2D eigenvalue weighted by atomic mass is 79.9. The molecule has 0 spiro atoms. The zero-order valence-corrected chi connectivity index (χ0v) is 12.0. The van der Waals surface area contributed by atoms with Crippen molar-refractivity contribution < 1.29 is 9.50 Å². The number of benzene rings is 1. The fourth-order valence-electron chi connectivity index (χ4n) is 2.19. The second-order valence-corrected chi connectivity index (χ2v) is 5.83. The first-order valence-electron chi connectivity index (χ1n) is 6.49. The van der Waals surface area contributed by atoms with Crippen molar-refractivity contribution in [1.82, 2.24) is 4.90 Å². The summed E-state index contributed by atoms with van der Waals surface area (Å²) in [6.07, 6.45) is 4.34. The maximum Gasteiger partial charge on any atom is 0.124 e. The van der Waals surface area contributed by atoms with E-state index in [1.54, 1.807) is 6.07 Å². The van der Waals surface area contributed by atoms with Crippen LogP contribution in [0, 0.1) is 5.82 Å². The van der Waals surface area contributed by atoms with Crippen LogP contribution in [0.3, 0.4) is 0 Å². The number of aliphatic hydroxyl groups is 1. The van der Waals surface area contributed by atoms with E-state index in [-0.39, 0.29) is 12.4 Å². The first kappa shape index (κ1) is 14.0. The Labute approximate surface area is 116 Å². The topological polar surface area (TPSA) is 23.5 Å². The van der Waals surface area contributed by atoms with E-state index in [1.807, 2.05) is 6.07 Å². The number of rotatable bonds is 7. The molecular formula is C14H19BrFNO. The Bertz CT molecular complexity index is 375. The van der Waals surface area contributed by atoms with Crippen LogP contribution in [0.5, 0.6) is 0 Å². The maximum atomic E-state index is 13.3. The van der Waals surface area contributed by atoms with Crippen LogP contribution in [-0.4, -0.2) is 29.2 Å². The van der Waals surface area contributed by atoms with Crippen molar-refractivity contribution >= 4 is 15.9 Å². The van der Waals surface area contributed by atoms with Gasteiger partial charge in [-0.1, -0.05) is 15.9 Å². The van der Waals surface area contributed by atoms with Gasteiger partial charge < -0.3 is 5.11 Å². The molecule has 0 radical (unpaired) electrons. The van der Waals surface area contributed by atoms with Crippen LogP contribution < -0.4 is 0 Å². The van der Waals surface area contributed by atoms with E-state index in [0.29, 0.717) is 6.04 Å². The largest absolute Gasteiger partial charge is 0.396 e. The summed E-state index contributed by atoms with van der Waals surface area (Å²) in [4.78, 5) is 2.40. The molecular weight excluding hydrogens is 297 g/mol. The SMILES string of the molecule is OCCCCN(Cc1cc(F)cc(Br)c1)C1CC1. The van der Waals surface area contributed by atoms with Gasteiger partial charge in [-0.3, -0.25) is 4.90 Å². The average Bonchev–Trinajstić information content (AvgIpc) is 3.10. The van der Waals surface area contributed by atoms with Gasteiger partial charge in [0.25, 0.3) is 0 Å². The molecule has 0 saturated heterocycles. The van der Waals surface area contributed by atoms with E-state index < -0.39 is 0 Å². The normalized spacial score (nSPS) is 15.3. The molecule has 1 aromatic carbocycles. The van der Waals surface area contributed by atoms with Crippen LogP contribution in [-0.2, 0) is 6.54 Å². The lowest BCUT2D eigenvalue weighted by Crippen LogP contribution is -2.27.